The lowest BCUT2D eigenvalue weighted by molar-refractivity contribution is -0.149. The average molecular weight is 290 g/mol. The Bertz CT molecular complexity index is 490. The van der Waals surface area contributed by atoms with Gasteiger partial charge in [0.1, 0.15) is 6.10 Å². The van der Waals surface area contributed by atoms with Gasteiger partial charge in [-0.25, -0.2) is 5.48 Å². The normalized spacial score (nSPS) is 23.3. The van der Waals surface area contributed by atoms with Gasteiger partial charge < -0.3 is 4.74 Å². The predicted molar refractivity (Wildman–Crippen MR) is 79.2 cm³/mol. The third-order valence-electron chi connectivity index (χ3n) is 3.66. The summed E-state index contributed by atoms with van der Waals surface area (Å²) in [4.78, 5) is 21.7. The van der Waals surface area contributed by atoms with E-state index in [1.807, 2.05) is 26.0 Å². The maximum absolute atomic E-state index is 12.3. The van der Waals surface area contributed by atoms with Crippen molar-refractivity contribution < 1.29 is 14.4 Å². The molecule has 0 unspecified atom stereocenters. The van der Waals surface area contributed by atoms with Crippen molar-refractivity contribution >= 4 is 5.91 Å². The molecule has 0 radical (unpaired) electrons. The lowest BCUT2D eigenvalue weighted by Gasteiger charge is -2.31. The van der Waals surface area contributed by atoms with Gasteiger partial charge in [0.25, 0.3) is 0 Å². The third kappa shape index (κ3) is 4.12. The van der Waals surface area contributed by atoms with Crippen molar-refractivity contribution in [2.24, 2.45) is 5.92 Å². The lowest BCUT2D eigenvalue weighted by Crippen LogP contribution is -2.42. The molecule has 1 N–H and O–H groups in total. The number of nitrogens with one attached hydrogen (secondary N) is 1. The number of hydrogen-bond donors (Lipinski definition) is 1. The van der Waals surface area contributed by atoms with Crippen molar-refractivity contribution in [1.29, 1.82) is 0 Å². The largest absolute Gasteiger partial charge is 0.373 e. The van der Waals surface area contributed by atoms with E-state index >= 15 is 0 Å². The molecule has 5 nitrogen and oxygen atoms in total. The van der Waals surface area contributed by atoms with Gasteiger partial charge in [0, 0.05) is 19.0 Å². The van der Waals surface area contributed by atoms with Crippen LogP contribution in [0.15, 0.2) is 36.7 Å². The number of nitrogens with zero attached hydrogens (tertiary/aromatic N) is 1. The summed E-state index contributed by atoms with van der Waals surface area (Å²) in [5, 5.41) is 0. The number of hydrogen-bond acceptors (Lipinski definition) is 4. The minimum atomic E-state index is -0.235. The van der Waals surface area contributed by atoms with Gasteiger partial charge in [0.05, 0.1) is 12.0 Å². The van der Waals surface area contributed by atoms with Crippen LogP contribution in [0.1, 0.15) is 38.4 Å². The van der Waals surface area contributed by atoms with Crippen LogP contribution in [0.2, 0.25) is 0 Å². The van der Waals surface area contributed by atoms with Crippen LogP contribution in [0.3, 0.4) is 0 Å². The number of carbonyl (C=O) groups is 1. The molecule has 0 bridgehead atoms. The van der Waals surface area contributed by atoms with Gasteiger partial charge in [-0.1, -0.05) is 12.2 Å². The third-order valence-corrected chi connectivity index (χ3v) is 3.66. The number of ether oxygens (including phenoxy) is 1. The summed E-state index contributed by atoms with van der Waals surface area (Å²) in [6.45, 7) is 8.34. The number of amides is 1. The highest BCUT2D eigenvalue weighted by Crippen LogP contribution is 2.26. The Morgan fingerprint density at radius 2 is 2.24 bits per heavy atom. The lowest BCUT2D eigenvalue weighted by atomic mass is 9.90. The van der Waals surface area contributed by atoms with Gasteiger partial charge in [-0.3, -0.25) is 14.6 Å². The average Bonchev–Trinajstić information content (AvgIpc) is 2.53. The Labute approximate surface area is 125 Å². The van der Waals surface area contributed by atoms with Crippen molar-refractivity contribution in [2.75, 3.05) is 6.61 Å². The summed E-state index contributed by atoms with van der Waals surface area (Å²) in [5.41, 5.74) is 4.39. The van der Waals surface area contributed by atoms with E-state index in [9.17, 15) is 4.79 Å². The van der Waals surface area contributed by atoms with Crippen molar-refractivity contribution in [3.63, 3.8) is 0 Å². The fraction of sp³-hybridized carbons (Fsp3) is 0.500. The van der Waals surface area contributed by atoms with E-state index in [-0.39, 0.29) is 24.0 Å². The van der Waals surface area contributed by atoms with E-state index in [4.69, 9.17) is 9.57 Å². The first-order valence-electron chi connectivity index (χ1n) is 7.22. The molecule has 1 fully saturated rings. The van der Waals surface area contributed by atoms with E-state index in [2.05, 4.69) is 17.0 Å². The van der Waals surface area contributed by atoms with E-state index in [1.165, 1.54) is 0 Å². The summed E-state index contributed by atoms with van der Waals surface area (Å²) in [6, 6.07) is 3.72. The van der Waals surface area contributed by atoms with E-state index in [0.717, 1.165) is 24.0 Å². The van der Waals surface area contributed by atoms with Gasteiger partial charge in [0.15, 0.2) is 0 Å². The molecule has 2 rings (SSSR count). The fourth-order valence-electron chi connectivity index (χ4n) is 2.46. The molecule has 3 atom stereocenters. The Hall–Kier alpha value is -1.72. The number of hydroxylamine groups is 1. The molecule has 1 aliphatic rings. The number of pyridine rings is 1. The van der Waals surface area contributed by atoms with Crippen molar-refractivity contribution in [3.8, 4) is 0 Å². The van der Waals surface area contributed by atoms with Crippen LogP contribution in [-0.2, 0) is 14.4 Å². The summed E-state index contributed by atoms with van der Waals surface area (Å²) >= 11 is 0. The zero-order chi connectivity index (χ0) is 15.2. The van der Waals surface area contributed by atoms with Crippen molar-refractivity contribution in [1.82, 2.24) is 10.5 Å². The van der Waals surface area contributed by atoms with Gasteiger partial charge in [-0.15, -0.1) is 0 Å². The Morgan fingerprint density at radius 3 is 2.90 bits per heavy atom. The van der Waals surface area contributed by atoms with Crippen molar-refractivity contribution in [2.45, 2.75) is 38.9 Å². The molecule has 2 heterocycles. The van der Waals surface area contributed by atoms with Gasteiger partial charge in [-0.05, 0) is 44.4 Å². The van der Waals surface area contributed by atoms with E-state index in [0.29, 0.717) is 6.61 Å². The zero-order valence-electron chi connectivity index (χ0n) is 12.5. The maximum atomic E-state index is 12.3. The highest BCUT2D eigenvalue weighted by atomic mass is 16.7. The molecule has 114 valence electrons. The second-order valence-electron chi connectivity index (χ2n) is 5.39. The first-order valence-corrected chi connectivity index (χ1v) is 7.22. The topological polar surface area (TPSA) is 60.5 Å². The molecule has 0 aromatic carbocycles. The highest BCUT2D eigenvalue weighted by Gasteiger charge is 2.32. The number of rotatable bonds is 5. The summed E-state index contributed by atoms with van der Waals surface area (Å²) in [7, 11) is 0. The Kier molecular flexibility index (Phi) is 5.47. The molecule has 5 heteroatoms. The Morgan fingerprint density at radius 1 is 1.52 bits per heavy atom. The monoisotopic (exact) mass is 290 g/mol. The van der Waals surface area contributed by atoms with Gasteiger partial charge in [0.2, 0.25) is 5.91 Å². The van der Waals surface area contributed by atoms with E-state index in [1.54, 1.807) is 12.4 Å². The standard InChI is InChI=1S/C16H22N2O3/c1-11(2)15-14(5-4-10-20-15)16(19)18-21-12(3)13-6-8-17-9-7-13/h6-9,12,14-15H,1,4-5,10H2,2-3H3,(H,18,19)/t12-,14+,15-/m0/s1. The molecule has 1 aromatic rings. The smallest absolute Gasteiger partial charge is 0.249 e. The molecule has 1 amide bonds. The first kappa shape index (κ1) is 15.7. The van der Waals surface area contributed by atoms with E-state index < -0.39 is 0 Å². The predicted octanol–water partition coefficient (Wildman–Crippen LogP) is 2.56. The number of aromatic nitrogens is 1. The molecule has 21 heavy (non-hydrogen) atoms. The van der Waals surface area contributed by atoms with Gasteiger partial charge in [-0.2, -0.15) is 0 Å². The maximum Gasteiger partial charge on any atom is 0.249 e. The molecule has 1 saturated heterocycles. The second-order valence-corrected chi connectivity index (χ2v) is 5.39. The first-order chi connectivity index (χ1) is 10.1. The van der Waals surface area contributed by atoms with Gasteiger partial charge >= 0.3 is 0 Å². The molecule has 1 aliphatic heterocycles. The minimum Gasteiger partial charge on any atom is -0.373 e. The molecule has 0 aliphatic carbocycles. The molecular weight excluding hydrogens is 268 g/mol. The molecule has 0 saturated carbocycles. The zero-order valence-corrected chi connectivity index (χ0v) is 12.5. The molecular formula is C16H22N2O3. The summed E-state index contributed by atoms with van der Waals surface area (Å²) in [6.07, 6.45) is 4.60. The van der Waals surface area contributed by atoms with Crippen LogP contribution in [0.5, 0.6) is 0 Å². The molecule has 1 aromatic heterocycles. The second kappa shape index (κ2) is 7.33. The van der Waals surface area contributed by atoms with Crippen LogP contribution in [-0.4, -0.2) is 23.6 Å². The Balaban J connectivity index is 1.90. The summed E-state index contributed by atoms with van der Waals surface area (Å²) in [5.74, 6) is -0.385. The van der Waals surface area contributed by atoms with Crippen molar-refractivity contribution in [3.05, 3.63) is 42.2 Å². The SMILES string of the molecule is C=C(C)[C@@H]1OCCC[C@H]1C(=O)NO[C@@H](C)c1ccncc1. The summed E-state index contributed by atoms with van der Waals surface area (Å²) < 4.78 is 5.64. The van der Waals surface area contributed by atoms with Crippen LogP contribution < -0.4 is 5.48 Å². The molecule has 0 spiro atoms. The van der Waals surface area contributed by atoms with Crippen LogP contribution in [0.25, 0.3) is 0 Å². The number of carbonyl (C=O) groups excluding carboxylic acids is 1. The minimum absolute atomic E-state index is 0.149. The fourth-order valence-corrected chi connectivity index (χ4v) is 2.46. The van der Waals surface area contributed by atoms with Crippen LogP contribution >= 0.6 is 0 Å². The quantitative estimate of drug-likeness (QED) is 0.669. The highest BCUT2D eigenvalue weighted by molar-refractivity contribution is 5.78. The van der Waals surface area contributed by atoms with Crippen LogP contribution in [0.4, 0.5) is 0 Å². The van der Waals surface area contributed by atoms with Crippen LogP contribution in [0, 0.1) is 5.92 Å².